The number of carboxylic acid groups (broad SMARTS) is 1. The third kappa shape index (κ3) is 4.57. The number of hydrogen-bond acceptors (Lipinski definition) is 3. The third-order valence-electron chi connectivity index (χ3n) is 3.62. The molecule has 0 saturated carbocycles. The molecule has 23 heavy (non-hydrogen) atoms. The number of urea groups is 1. The number of nitrogens with zero attached hydrogens (tertiary/aromatic N) is 2. The van der Waals surface area contributed by atoms with E-state index < -0.39 is 29.8 Å². The average molecular weight is 331 g/mol. The van der Waals surface area contributed by atoms with Crippen LogP contribution in [0.2, 0.25) is 0 Å². The fourth-order valence-corrected chi connectivity index (χ4v) is 2.39. The number of carboxylic acids is 1. The van der Waals surface area contributed by atoms with Gasteiger partial charge < -0.3 is 15.3 Å². The smallest absolute Gasteiger partial charge is 0.433 e. The second-order valence-corrected chi connectivity index (χ2v) is 5.33. The third-order valence-corrected chi connectivity index (χ3v) is 3.62. The second kappa shape index (κ2) is 6.84. The summed E-state index contributed by atoms with van der Waals surface area (Å²) in [5.74, 6) is -1.56. The lowest BCUT2D eigenvalue weighted by Crippen LogP contribution is -2.46. The lowest BCUT2D eigenvalue weighted by atomic mass is 9.99. The highest BCUT2D eigenvalue weighted by Crippen LogP contribution is 2.27. The number of hydrogen-bond donors (Lipinski definition) is 2. The molecule has 1 aliphatic heterocycles. The van der Waals surface area contributed by atoms with Gasteiger partial charge in [0.05, 0.1) is 5.92 Å². The Balaban J connectivity index is 1.93. The summed E-state index contributed by atoms with van der Waals surface area (Å²) in [6.45, 7) is 0.448. The maximum absolute atomic E-state index is 12.6. The maximum atomic E-state index is 12.6. The van der Waals surface area contributed by atoms with Crippen LogP contribution in [0.5, 0.6) is 0 Å². The summed E-state index contributed by atoms with van der Waals surface area (Å²) in [5.41, 5.74) is -0.749. The van der Waals surface area contributed by atoms with Gasteiger partial charge in [0.1, 0.15) is 5.69 Å². The summed E-state index contributed by atoms with van der Waals surface area (Å²) in [6, 6.07) is 1.77. The van der Waals surface area contributed by atoms with Crippen LogP contribution in [-0.4, -0.2) is 40.1 Å². The van der Waals surface area contributed by atoms with Crippen LogP contribution in [0.15, 0.2) is 18.3 Å². The number of aliphatic carboxylic acids is 1. The number of likely N-dealkylation sites (tertiary alicyclic amines) is 1. The molecule has 1 aliphatic rings. The monoisotopic (exact) mass is 331 g/mol. The van der Waals surface area contributed by atoms with Gasteiger partial charge in [0.25, 0.3) is 0 Å². The Kier molecular flexibility index (Phi) is 5.07. The predicted molar refractivity (Wildman–Crippen MR) is 73.4 cm³/mol. The van der Waals surface area contributed by atoms with Gasteiger partial charge >= 0.3 is 18.2 Å². The molecule has 0 radical (unpaired) electrons. The first-order valence-electron chi connectivity index (χ1n) is 7.05. The van der Waals surface area contributed by atoms with Crippen molar-refractivity contribution in [1.82, 2.24) is 15.2 Å². The Hall–Kier alpha value is -2.32. The van der Waals surface area contributed by atoms with Crippen molar-refractivity contribution >= 4 is 12.0 Å². The second-order valence-electron chi connectivity index (χ2n) is 5.33. The largest absolute Gasteiger partial charge is 0.481 e. The van der Waals surface area contributed by atoms with Crippen molar-refractivity contribution in [2.24, 2.45) is 5.92 Å². The maximum Gasteiger partial charge on any atom is 0.433 e. The topological polar surface area (TPSA) is 82.5 Å². The highest BCUT2D eigenvalue weighted by molar-refractivity contribution is 5.76. The molecule has 1 saturated heterocycles. The van der Waals surface area contributed by atoms with Crippen molar-refractivity contribution in [3.8, 4) is 0 Å². The van der Waals surface area contributed by atoms with Crippen molar-refractivity contribution in [2.45, 2.75) is 25.6 Å². The van der Waals surface area contributed by atoms with E-state index in [1.165, 1.54) is 11.0 Å². The van der Waals surface area contributed by atoms with Gasteiger partial charge in [-0.1, -0.05) is 0 Å². The molecule has 0 aliphatic carbocycles. The van der Waals surface area contributed by atoms with E-state index in [2.05, 4.69) is 10.3 Å². The van der Waals surface area contributed by atoms with Gasteiger partial charge in [0, 0.05) is 25.8 Å². The van der Waals surface area contributed by atoms with Gasteiger partial charge in [0.15, 0.2) is 0 Å². The number of carbonyl (C=O) groups is 2. The van der Waals surface area contributed by atoms with Crippen LogP contribution in [0.25, 0.3) is 0 Å². The van der Waals surface area contributed by atoms with Crippen LogP contribution in [0.3, 0.4) is 0 Å². The van der Waals surface area contributed by atoms with Gasteiger partial charge in [-0.05, 0) is 30.5 Å². The van der Waals surface area contributed by atoms with Crippen LogP contribution < -0.4 is 5.32 Å². The number of halogens is 3. The molecule has 0 bridgehead atoms. The van der Waals surface area contributed by atoms with Gasteiger partial charge in [-0.25, -0.2) is 4.79 Å². The molecule has 2 amide bonds. The molecule has 2 N–H and O–H groups in total. The molecule has 0 aromatic carbocycles. The number of pyridine rings is 1. The van der Waals surface area contributed by atoms with E-state index in [9.17, 15) is 22.8 Å². The predicted octanol–water partition coefficient (Wildman–Crippen LogP) is 2.11. The van der Waals surface area contributed by atoms with E-state index in [1.54, 1.807) is 0 Å². The fraction of sp³-hybridized carbons (Fsp3) is 0.500. The number of rotatable bonds is 3. The van der Waals surface area contributed by atoms with Crippen LogP contribution in [0.4, 0.5) is 18.0 Å². The number of carbonyl (C=O) groups excluding carboxylic acids is 1. The van der Waals surface area contributed by atoms with Crippen molar-refractivity contribution < 1.29 is 27.9 Å². The van der Waals surface area contributed by atoms with E-state index in [-0.39, 0.29) is 18.7 Å². The summed E-state index contributed by atoms with van der Waals surface area (Å²) in [7, 11) is 0. The number of alkyl halides is 3. The zero-order valence-corrected chi connectivity index (χ0v) is 12.1. The average Bonchev–Trinajstić information content (AvgIpc) is 2.52. The Morgan fingerprint density at radius 3 is 2.83 bits per heavy atom. The normalized spacial score (nSPS) is 18.6. The minimum Gasteiger partial charge on any atom is -0.481 e. The zero-order valence-electron chi connectivity index (χ0n) is 12.1. The summed E-state index contributed by atoms with van der Waals surface area (Å²) in [4.78, 5) is 27.6. The molecule has 2 rings (SSSR count). The fourth-order valence-electron chi connectivity index (χ4n) is 2.39. The van der Waals surface area contributed by atoms with E-state index in [0.717, 1.165) is 12.3 Å². The van der Waals surface area contributed by atoms with Gasteiger partial charge in [0.2, 0.25) is 0 Å². The van der Waals surface area contributed by atoms with E-state index in [0.29, 0.717) is 19.4 Å². The summed E-state index contributed by atoms with van der Waals surface area (Å²) in [5, 5.41) is 11.5. The number of piperidine rings is 1. The Morgan fingerprint density at radius 2 is 2.17 bits per heavy atom. The highest BCUT2D eigenvalue weighted by Gasteiger charge is 2.32. The zero-order chi connectivity index (χ0) is 17.0. The van der Waals surface area contributed by atoms with Crippen LogP contribution in [0, 0.1) is 5.92 Å². The molecule has 9 heteroatoms. The molecular weight excluding hydrogens is 315 g/mol. The Labute approximate surface area is 130 Å². The van der Waals surface area contributed by atoms with Gasteiger partial charge in [-0.15, -0.1) is 0 Å². The van der Waals surface area contributed by atoms with Crippen molar-refractivity contribution in [3.05, 3.63) is 29.6 Å². The molecule has 1 aromatic heterocycles. The molecule has 0 spiro atoms. The molecule has 126 valence electrons. The summed E-state index contributed by atoms with van der Waals surface area (Å²) < 4.78 is 37.7. The van der Waals surface area contributed by atoms with Crippen molar-refractivity contribution in [1.29, 1.82) is 0 Å². The molecule has 1 unspecified atom stereocenters. The Bertz CT molecular complexity index is 592. The molecule has 1 aromatic rings. The first-order valence-corrected chi connectivity index (χ1v) is 7.05. The first kappa shape index (κ1) is 17.0. The molecular formula is C14H16F3N3O3. The minimum atomic E-state index is -4.54. The standard InChI is InChI=1S/C14H16F3N3O3/c15-14(16,17)11-6-9(3-4-18-11)7-19-13(23)20-5-1-2-10(8-20)12(21)22/h3-4,6,10H,1-2,5,7-8H2,(H,19,23)(H,21,22). The summed E-state index contributed by atoms with van der Waals surface area (Å²) in [6.07, 6.45) is -2.41. The van der Waals surface area contributed by atoms with Crippen LogP contribution in [0.1, 0.15) is 24.1 Å². The number of nitrogens with one attached hydrogen (secondary N) is 1. The minimum absolute atomic E-state index is 0.0847. The lowest BCUT2D eigenvalue weighted by Gasteiger charge is -2.30. The lowest BCUT2D eigenvalue weighted by molar-refractivity contribution is -0.143. The first-order chi connectivity index (χ1) is 10.8. The summed E-state index contributed by atoms with van der Waals surface area (Å²) >= 11 is 0. The van der Waals surface area contributed by atoms with E-state index >= 15 is 0 Å². The van der Waals surface area contributed by atoms with Crippen molar-refractivity contribution in [3.63, 3.8) is 0 Å². The Morgan fingerprint density at radius 1 is 1.43 bits per heavy atom. The SMILES string of the molecule is O=C(O)C1CCCN(C(=O)NCc2ccnc(C(F)(F)F)c2)C1. The quantitative estimate of drug-likeness (QED) is 0.889. The number of amides is 2. The number of aromatic nitrogens is 1. The molecule has 1 fully saturated rings. The highest BCUT2D eigenvalue weighted by atomic mass is 19.4. The molecule has 2 heterocycles. The molecule has 1 atom stereocenters. The van der Waals surface area contributed by atoms with Crippen molar-refractivity contribution in [2.75, 3.05) is 13.1 Å². The van der Waals surface area contributed by atoms with Crippen LogP contribution in [-0.2, 0) is 17.5 Å². The van der Waals surface area contributed by atoms with Crippen LogP contribution >= 0.6 is 0 Å². The van der Waals surface area contributed by atoms with Gasteiger partial charge in [-0.3, -0.25) is 9.78 Å². The van der Waals surface area contributed by atoms with E-state index in [1.807, 2.05) is 0 Å². The molecule has 6 nitrogen and oxygen atoms in total. The van der Waals surface area contributed by atoms with Gasteiger partial charge in [-0.2, -0.15) is 13.2 Å². The van der Waals surface area contributed by atoms with E-state index in [4.69, 9.17) is 5.11 Å².